The summed E-state index contributed by atoms with van der Waals surface area (Å²) in [6.07, 6.45) is 2.07. The van der Waals surface area contributed by atoms with E-state index in [9.17, 15) is 23.5 Å². The van der Waals surface area contributed by atoms with E-state index in [2.05, 4.69) is 15.6 Å². The Hall–Kier alpha value is -2.49. The Morgan fingerprint density at radius 3 is 2.72 bits per heavy atom. The number of aliphatic carboxylic acids is 1. The third kappa shape index (κ3) is 4.75. The van der Waals surface area contributed by atoms with Crippen molar-refractivity contribution < 1.29 is 28.2 Å². The van der Waals surface area contributed by atoms with E-state index < -0.39 is 17.4 Å². The standard InChI is InChI=1S/C19H24F2N4O4/c20-19(21)10-25(11-19)14-4-3-13(24-17(14)29-8-12-1-2-12)7-23-18(6-16(27)28)5-15(26)22-9-18/h3-4,12,23H,1-2,5-11H2,(H,22,26)(H,27,28). The fourth-order valence-electron chi connectivity index (χ4n) is 3.66. The molecule has 3 heterocycles. The highest BCUT2D eigenvalue weighted by atomic mass is 19.3. The molecule has 3 fully saturated rings. The van der Waals surface area contributed by atoms with Crippen molar-refractivity contribution >= 4 is 17.6 Å². The predicted octanol–water partition coefficient (Wildman–Crippen LogP) is 1.15. The number of carbonyl (C=O) groups excluding carboxylic acids is 1. The number of carboxylic acid groups (broad SMARTS) is 1. The highest BCUT2D eigenvalue weighted by molar-refractivity contribution is 5.82. The molecule has 10 heteroatoms. The summed E-state index contributed by atoms with van der Waals surface area (Å²) < 4.78 is 32.4. The van der Waals surface area contributed by atoms with Gasteiger partial charge in [0.25, 0.3) is 5.92 Å². The van der Waals surface area contributed by atoms with Gasteiger partial charge in [0.1, 0.15) is 5.69 Å². The molecule has 0 aromatic carbocycles. The molecule has 29 heavy (non-hydrogen) atoms. The summed E-state index contributed by atoms with van der Waals surface area (Å²) in [6.45, 7) is 0.244. The van der Waals surface area contributed by atoms with Crippen molar-refractivity contribution in [3.05, 3.63) is 17.8 Å². The number of ether oxygens (including phenoxy) is 1. The molecule has 2 aliphatic heterocycles. The van der Waals surface area contributed by atoms with Gasteiger partial charge in [0, 0.05) is 19.5 Å². The minimum Gasteiger partial charge on any atom is -0.481 e. The number of pyridine rings is 1. The maximum Gasteiger partial charge on any atom is 0.305 e. The number of nitrogens with one attached hydrogen (secondary N) is 2. The van der Waals surface area contributed by atoms with Crippen LogP contribution in [-0.4, -0.2) is 59.7 Å². The normalized spacial score (nSPS) is 25.4. The van der Waals surface area contributed by atoms with E-state index in [0.29, 0.717) is 29.8 Å². The third-order valence-corrected chi connectivity index (χ3v) is 5.49. The SMILES string of the molecule is O=C(O)CC1(NCc2ccc(N3CC(F)(F)C3)c(OCC3CC3)n2)CNC(=O)C1. The topological polar surface area (TPSA) is 104 Å². The second kappa shape index (κ2) is 7.40. The van der Waals surface area contributed by atoms with E-state index in [1.54, 1.807) is 12.1 Å². The van der Waals surface area contributed by atoms with Gasteiger partial charge >= 0.3 is 5.97 Å². The first-order valence-electron chi connectivity index (χ1n) is 9.73. The van der Waals surface area contributed by atoms with Crippen LogP contribution < -0.4 is 20.3 Å². The smallest absolute Gasteiger partial charge is 0.305 e. The Morgan fingerprint density at radius 2 is 2.14 bits per heavy atom. The molecule has 1 amide bonds. The molecule has 3 aliphatic rings. The summed E-state index contributed by atoms with van der Waals surface area (Å²) in [6, 6.07) is 3.42. The summed E-state index contributed by atoms with van der Waals surface area (Å²) in [7, 11) is 0. The Labute approximate surface area is 166 Å². The zero-order chi connectivity index (χ0) is 20.6. The minimum absolute atomic E-state index is 0.0747. The number of alkyl halides is 2. The first-order chi connectivity index (χ1) is 13.7. The number of anilines is 1. The molecule has 0 spiro atoms. The first-order valence-corrected chi connectivity index (χ1v) is 9.73. The van der Waals surface area contributed by atoms with Gasteiger partial charge in [0.2, 0.25) is 11.8 Å². The zero-order valence-electron chi connectivity index (χ0n) is 15.9. The van der Waals surface area contributed by atoms with Crippen molar-refractivity contribution in [3.8, 4) is 5.88 Å². The number of aromatic nitrogens is 1. The summed E-state index contributed by atoms with van der Waals surface area (Å²) >= 11 is 0. The molecule has 4 rings (SSSR count). The van der Waals surface area contributed by atoms with Crippen LogP contribution in [0, 0.1) is 5.92 Å². The molecular formula is C19H24F2N4O4. The lowest BCUT2D eigenvalue weighted by Crippen LogP contribution is -2.56. The van der Waals surface area contributed by atoms with Crippen LogP contribution in [0.5, 0.6) is 5.88 Å². The monoisotopic (exact) mass is 410 g/mol. The fraction of sp³-hybridized carbons (Fsp3) is 0.632. The lowest BCUT2D eigenvalue weighted by molar-refractivity contribution is -0.138. The van der Waals surface area contributed by atoms with Crippen molar-refractivity contribution in [2.45, 2.75) is 43.7 Å². The highest BCUT2D eigenvalue weighted by Crippen LogP contribution is 2.38. The molecule has 1 atom stereocenters. The van der Waals surface area contributed by atoms with Gasteiger partial charge in [0.15, 0.2) is 0 Å². The molecule has 1 unspecified atom stereocenters. The van der Waals surface area contributed by atoms with E-state index in [1.807, 2.05) is 0 Å². The van der Waals surface area contributed by atoms with Crippen molar-refractivity contribution in [3.63, 3.8) is 0 Å². The van der Waals surface area contributed by atoms with Crippen LogP contribution in [0.3, 0.4) is 0 Å². The maximum absolute atomic E-state index is 13.3. The first kappa shape index (κ1) is 19.8. The summed E-state index contributed by atoms with van der Waals surface area (Å²) in [5, 5.41) is 15.0. The summed E-state index contributed by atoms with van der Waals surface area (Å²) in [5.74, 6) is -3.09. The minimum atomic E-state index is -2.70. The number of halogens is 2. The molecule has 0 radical (unpaired) electrons. The molecule has 1 aromatic heterocycles. The van der Waals surface area contributed by atoms with Gasteiger partial charge in [-0.15, -0.1) is 0 Å². The van der Waals surface area contributed by atoms with Crippen LogP contribution in [0.1, 0.15) is 31.4 Å². The average Bonchev–Trinajstić information content (AvgIpc) is 3.39. The average molecular weight is 410 g/mol. The van der Waals surface area contributed by atoms with E-state index in [4.69, 9.17) is 4.74 Å². The molecule has 0 bridgehead atoms. The fourth-order valence-corrected chi connectivity index (χ4v) is 3.66. The lowest BCUT2D eigenvalue weighted by atomic mass is 9.94. The summed E-state index contributed by atoms with van der Waals surface area (Å²) in [4.78, 5) is 28.9. The number of hydrogen-bond donors (Lipinski definition) is 3. The second-order valence-electron chi connectivity index (χ2n) is 8.25. The molecular weight excluding hydrogens is 386 g/mol. The number of nitrogens with zero attached hydrogens (tertiary/aromatic N) is 2. The number of rotatable bonds is 9. The Bertz CT molecular complexity index is 809. The quantitative estimate of drug-likeness (QED) is 0.561. The van der Waals surface area contributed by atoms with Gasteiger partial charge in [-0.2, -0.15) is 0 Å². The molecule has 1 aliphatic carbocycles. The van der Waals surface area contributed by atoms with Crippen molar-refractivity contribution in [2.75, 3.05) is 31.1 Å². The van der Waals surface area contributed by atoms with Crippen LogP contribution >= 0.6 is 0 Å². The number of hydrogen-bond acceptors (Lipinski definition) is 6. The molecule has 158 valence electrons. The van der Waals surface area contributed by atoms with Crippen LogP contribution in [-0.2, 0) is 16.1 Å². The van der Waals surface area contributed by atoms with Gasteiger partial charge in [-0.1, -0.05) is 0 Å². The van der Waals surface area contributed by atoms with Gasteiger partial charge < -0.3 is 25.4 Å². The number of amides is 1. The van der Waals surface area contributed by atoms with Gasteiger partial charge in [-0.05, 0) is 30.9 Å². The maximum atomic E-state index is 13.3. The van der Waals surface area contributed by atoms with E-state index in [1.165, 1.54) is 4.90 Å². The Kier molecular flexibility index (Phi) is 5.05. The Balaban J connectivity index is 1.47. The molecule has 3 N–H and O–H groups in total. The van der Waals surface area contributed by atoms with E-state index in [0.717, 1.165) is 12.8 Å². The Morgan fingerprint density at radius 1 is 1.38 bits per heavy atom. The number of carbonyl (C=O) groups is 2. The molecule has 1 aromatic rings. The van der Waals surface area contributed by atoms with Gasteiger partial charge in [-0.3, -0.25) is 9.59 Å². The van der Waals surface area contributed by atoms with Crippen molar-refractivity contribution in [1.29, 1.82) is 0 Å². The lowest BCUT2D eigenvalue weighted by Gasteiger charge is -2.40. The highest BCUT2D eigenvalue weighted by Gasteiger charge is 2.45. The van der Waals surface area contributed by atoms with Gasteiger partial charge in [0.05, 0.1) is 37.4 Å². The number of carboxylic acids is 1. The third-order valence-electron chi connectivity index (χ3n) is 5.49. The van der Waals surface area contributed by atoms with Gasteiger partial charge in [-0.25, -0.2) is 13.8 Å². The molecule has 1 saturated carbocycles. The van der Waals surface area contributed by atoms with Crippen molar-refractivity contribution in [2.24, 2.45) is 5.92 Å². The van der Waals surface area contributed by atoms with Crippen LogP contribution in [0.4, 0.5) is 14.5 Å². The predicted molar refractivity (Wildman–Crippen MR) is 99.1 cm³/mol. The van der Waals surface area contributed by atoms with E-state index >= 15 is 0 Å². The molecule has 8 nitrogen and oxygen atoms in total. The van der Waals surface area contributed by atoms with Crippen LogP contribution in [0.15, 0.2) is 12.1 Å². The largest absolute Gasteiger partial charge is 0.481 e. The van der Waals surface area contributed by atoms with Crippen LogP contribution in [0.2, 0.25) is 0 Å². The summed E-state index contributed by atoms with van der Waals surface area (Å²) in [5.41, 5.74) is 0.256. The zero-order valence-corrected chi connectivity index (χ0v) is 15.9. The molecule has 2 saturated heterocycles. The van der Waals surface area contributed by atoms with Crippen LogP contribution in [0.25, 0.3) is 0 Å². The second-order valence-corrected chi connectivity index (χ2v) is 8.25. The van der Waals surface area contributed by atoms with Crippen molar-refractivity contribution in [1.82, 2.24) is 15.6 Å². The van der Waals surface area contributed by atoms with E-state index in [-0.39, 0.29) is 44.9 Å².